The van der Waals surface area contributed by atoms with Crippen molar-refractivity contribution in [2.75, 3.05) is 0 Å². The number of aromatic hydroxyl groups is 2. The quantitative estimate of drug-likeness (QED) is 0.501. The van der Waals surface area contributed by atoms with Gasteiger partial charge in [-0.3, -0.25) is 4.79 Å². The zero-order valence-corrected chi connectivity index (χ0v) is 12.9. The molecule has 2 aromatic rings. The molecule has 0 amide bonds. The van der Waals surface area contributed by atoms with Crippen LogP contribution in [-0.4, -0.2) is 22.0 Å². The molecule has 0 aliphatic rings. The van der Waals surface area contributed by atoms with Gasteiger partial charge < -0.3 is 14.9 Å². The van der Waals surface area contributed by atoms with Crippen molar-refractivity contribution in [3.63, 3.8) is 0 Å². The zero-order chi connectivity index (χ0) is 17.0. The van der Waals surface area contributed by atoms with E-state index in [2.05, 4.69) is 0 Å². The second-order valence-electron chi connectivity index (χ2n) is 5.29. The van der Waals surface area contributed by atoms with Crippen LogP contribution in [-0.2, 0) is 0 Å². The van der Waals surface area contributed by atoms with E-state index in [1.807, 2.05) is 6.92 Å². The molecule has 2 N–H and O–H groups in total. The highest BCUT2D eigenvalue weighted by atomic mass is 16.5. The van der Waals surface area contributed by atoms with Crippen LogP contribution < -0.4 is 4.74 Å². The number of esters is 1. The zero-order valence-electron chi connectivity index (χ0n) is 12.9. The van der Waals surface area contributed by atoms with E-state index in [0.717, 1.165) is 0 Å². The first kappa shape index (κ1) is 16.5. The number of carbonyl (C=O) groups excluding carboxylic acids is 2. The van der Waals surface area contributed by atoms with Gasteiger partial charge in [-0.15, -0.1) is 0 Å². The lowest BCUT2D eigenvalue weighted by atomic mass is 9.96. The average molecular weight is 314 g/mol. The van der Waals surface area contributed by atoms with Gasteiger partial charge in [-0.1, -0.05) is 13.8 Å². The van der Waals surface area contributed by atoms with Crippen molar-refractivity contribution in [3.05, 3.63) is 53.6 Å². The second-order valence-corrected chi connectivity index (χ2v) is 5.29. The number of hydrogen-bond donors (Lipinski definition) is 2. The summed E-state index contributed by atoms with van der Waals surface area (Å²) < 4.78 is 5.15. The predicted octanol–water partition coefficient (Wildman–Crippen LogP) is 3.55. The molecule has 0 aromatic heterocycles. The Hall–Kier alpha value is -2.82. The number of benzene rings is 2. The van der Waals surface area contributed by atoms with Gasteiger partial charge in [0.25, 0.3) is 0 Å². The molecule has 0 fully saturated rings. The van der Waals surface area contributed by atoms with Gasteiger partial charge >= 0.3 is 5.97 Å². The van der Waals surface area contributed by atoms with Gasteiger partial charge in [0.2, 0.25) is 0 Å². The minimum Gasteiger partial charge on any atom is -0.508 e. The fraction of sp³-hybridized carbons (Fsp3) is 0.222. The van der Waals surface area contributed by atoms with E-state index in [-0.39, 0.29) is 40.1 Å². The lowest BCUT2D eigenvalue weighted by Gasteiger charge is -2.10. The number of Topliss-reactive ketones (excluding diaryl/α,β-unsaturated/α-hetero) is 1. The van der Waals surface area contributed by atoms with Crippen molar-refractivity contribution in [1.29, 1.82) is 0 Å². The van der Waals surface area contributed by atoms with Crippen molar-refractivity contribution >= 4 is 11.8 Å². The summed E-state index contributed by atoms with van der Waals surface area (Å²) in [5, 5.41) is 19.2. The summed E-state index contributed by atoms with van der Waals surface area (Å²) in [7, 11) is 0. The number of ether oxygens (including phenoxy) is 1. The summed E-state index contributed by atoms with van der Waals surface area (Å²) in [5.41, 5.74) is 0.478. The molecular weight excluding hydrogens is 296 g/mol. The number of carbonyl (C=O) groups is 2. The van der Waals surface area contributed by atoms with E-state index >= 15 is 0 Å². The minimum absolute atomic E-state index is 0.0482. The molecule has 0 spiro atoms. The molecule has 0 radical (unpaired) electrons. The molecule has 120 valence electrons. The summed E-state index contributed by atoms with van der Waals surface area (Å²) in [6.07, 6.45) is 0.676. The highest BCUT2D eigenvalue weighted by Crippen LogP contribution is 2.27. The van der Waals surface area contributed by atoms with Crippen molar-refractivity contribution < 1.29 is 24.5 Å². The van der Waals surface area contributed by atoms with Gasteiger partial charge in [0.15, 0.2) is 5.78 Å². The first-order chi connectivity index (χ1) is 10.9. The van der Waals surface area contributed by atoms with Crippen molar-refractivity contribution in [1.82, 2.24) is 0 Å². The van der Waals surface area contributed by atoms with E-state index in [0.29, 0.717) is 6.42 Å². The lowest BCUT2D eigenvalue weighted by Crippen LogP contribution is -2.11. The van der Waals surface area contributed by atoms with Crippen molar-refractivity contribution in [2.24, 2.45) is 5.92 Å². The second kappa shape index (κ2) is 6.96. The van der Waals surface area contributed by atoms with Gasteiger partial charge in [0.05, 0.1) is 11.1 Å². The Morgan fingerprint density at radius 3 is 2.30 bits per heavy atom. The molecule has 0 saturated heterocycles. The van der Waals surface area contributed by atoms with Crippen LogP contribution in [0, 0.1) is 5.92 Å². The van der Waals surface area contributed by atoms with Crippen molar-refractivity contribution in [2.45, 2.75) is 20.3 Å². The van der Waals surface area contributed by atoms with Gasteiger partial charge in [-0.25, -0.2) is 4.79 Å². The normalized spacial score (nSPS) is 11.7. The first-order valence-corrected chi connectivity index (χ1v) is 7.30. The third-order valence-corrected chi connectivity index (χ3v) is 3.61. The maximum absolute atomic E-state index is 12.1. The molecule has 5 nitrogen and oxygen atoms in total. The van der Waals surface area contributed by atoms with Crippen LogP contribution >= 0.6 is 0 Å². The summed E-state index contributed by atoms with van der Waals surface area (Å²) >= 11 is 0. The van der Waals surface area contributed by atoms with E-state index in [9.17, 15) is 19.8 Å². The first-order valence-electron chi connectivity index (χ1n) is 7.30. The Kier molecular flexibility index (Phi) is 5.01. The number of phenolic OH excluding ortho intramolecular Hbond substituents is 2. The van der Waals surface area contributed by atoms with Crippen LogP contribution in [0.1, 0.15) is 41.0 Å². The van der Waals surface area contributed by atoms with Crippen LogP contribution in [0.15, 0.2) is 42.5 Å². The van der Waals surface area contributed by atoms with E-state index in [4.69, 9.17) is 4.74 Å². The molecule has 0 heterocycles. The molecule has 0 aliphatic heterocycles. The average Bonchev–Trinajstić information content (AvgIpc) is 2.54. The Bertz CT molecular complexity index is 719. The SMILES string of the molecule is CCC(C)C(=O)c1ccc(OC(=O)c2ccc(O)cc2)cc1O. The molecule has 2 rings (SSSR count). The summed E-state index contributed by atoms with van der Waals surface area (Å²) in [6, 6.07) is 9.77. The summed E-state index contributed by atoms with van der Waals surface area (Å²) in [5.74, 6) is -0.988. The molecule has 23 heavy (non-hydrogen) atoms. The van der Waals surface area contributed by atoms with Crippen LogP contribution in [0.3, 0.4) is 0 Å². The largest absolute Gasteiger partial charge is 0.508 e. The predicted molar refractivity (Wildman–Crippen MR) is 85.0 cm³/mol. The van der Waals surface area contributed by atoms with Crippen LogP contribution in [0.25, 0.3) is 0 Å². The smallest absolute Gasteiger partial charge is 0.343 e. The third-order valence-electron chi connectivity index (χ3n) is 3.61. The molecular formula is C18H18O5. The molecule has 1 atom stereocenters. The van der Waals surface area contributed by atoms with Crippen LogP contribution in [0.4, 0.5) is 0 Å². The van der Waals surface area contributed by atoms with E-state index < -0.39 is 5.97 Å². The maximum Gasteiger partial charge on any atom is 0.343 e. The Morgan fingerprint density at radius 1 is 1.09 bits per heavy atom. The Labute approximate surface area is 134 Å². The van der Waals surface area contributed by atoms with Gasteiger partial charge in [-0.05, 0) is 42.8 Å². The van der Waals surface area contributed by atoms with Crippen LogP contribution in [0.5, 0.6) is 17.2 Å². The van der Waals surface area contributed by atoms with Gasteiger partial charge in [0.1, 0.15) is 17.2 Å². The third kappa shape index (κ3) is 3.88. The highest BCUT2D eigenvalue weighted by molar-refractivity contribution is 6.00. The Morgan fingerprint density at radius 2 is 1.74 bits per heavy atom. The number of phenols is 2. The molecule has 5 heteroatoms. The number of ketones is 1. The minimum atomic E-state index is -0.620. The molecule has 0 aliphatic carbocycles. The fourth-order valence-electron chi connectivity index (χ4n) is 2.00. The number of rotatable bonds is 5. The summed E-state index contributed by atoms with van der Waals surface area (Å²) in [4.78, 5) is 24.0. The molecule has 1 unspecified atom stereocenters. The molecule has 0 saturated carbocycles. The van der Waals surface area contributed by atoms with Gasteiger partial charge in [-0.2, -0.15) is 0 Å². The maximum atomic E-state index is 12.1. The fourth-order valence-corrected chi connectivity index (χ4v) is 2.00. The lowest BCUT2D eigenvalue weighted by molar-refractivity contribution is 0.0734. The van der Waals surface area contributed by atoms with Crippen LogP contribution in [0.2, 0.25) is 0 Å². The van der Waals surface area contributed by atoms with E-state index in [1.165, 1.54) is 42.5 Å². The van der Waals surface area contributed by atoms with Gasteiger partial charge in [0, 0.05) is 12.0 Å². The Balaban J connectivity index is 2.16. The van der Waals surface area contributed by atoms with E-state index in [1.54, 1.807) is 6.92 Å². The monoisotopic (exact) mass is 314 g/mol. The summed E-state index contributed by atoms with van der Waals surface area (Å²) in [6.45, 7) is 3.69. The molecule has 2 aromatic carbocycles. The number of hydrogen-bond acceptors (Lipinski definition) is 5. The van der Waals surface area contributed by atoms with Crippen molar-refractivity contribution in [3.8, 4) is 17.2 Å². The highest BCUT2D eigenvalue weighted by Gasteiger charge is 2.18. The molecule has 0 bridgehead atoms. The topological polar surface area (TPSA) is 83.8 Å². The standard InChI is InChI=1S/C18H18O5/c1-3-11(2)17(21)15-9-8-14(10-16(15)20)23-18(22)12-4-6-13(19)7-5-12/h4-11,19-20H,3H2,1-2H3.